The van der Waals surface area contributed by atoms with Gasteiger partial charge in [0.1, 0.15) is 9.84 Å². The molecule has 0 spiro atoms. The number of ether oxygens (including phenoxy) is 1. The molecule has 6 heteroatoms. The van der Waals surface area contributed by atoms with E-state index in [1.54, 1.807) is 12.3 Å². The van der Waals surface area contributed by atoms with Gasteiger partial charge < -0.3 is 10.1 Å². The number of hydrogen-bond acceptors (Lipinski definition) is 5. The maximum atomic E-state index is 11.2. The molecule has 0 saturated heterocycles. The summed E-state index contributed by atoms with van der Waals surface area (Å²) in [6.07, 6.45) is 2.86. The van der Waals surface area contributed by atoms with Crippen molar-refractivity contribution < 1.29 is 13.2 Å². The summed E-state index contributed by atoms with van der Waals surface area (Å²) < 4.78 is 27.7. The van der Waals surface area contributed by atoms with Crippen LogP contribution in [0.25, 0.3) is 0 Å². The van der Waals surface area contributed by atoms with Crippen molar-refractivity contribution in [3.8, 4) is 5.88 Å². The SMILES string of the molecule is CCOc1ncccc1NC(C)CS(C)(=O)=O. The normalized spacial score (nSPS) is 13.1. The van der Waals surface area contributed by atoms with Gasteiger partial charge in [0.05, 0.1) is 18.0 Å². The lowest BCUT2D eigenvalue weighted by molar-refractivity contribution is 0.328. The van der Waals surface area contributed by atoms with E-state index >= 15 is 0 Å². The van der Waals surface area contributed by atoms with Crippen LogP contribution in [0.2, 0.25) is 0 Å². The standard InChI is InChI=1S/C11H18N2O3S/c1-4-16-11-10(6-5-7-12-11)13-9(2)8-17(3,14)15/h5-7,9,13H,4,8H2,1-3H3. The zero-order valence-corrected chi connectivity index (χ0v) is 11.1. The molecule has 1 unspecified atom stereocenters. The van der Waals surface area contributed by atoms with E-state index in [1.165, 1.54) is 6.26 Å². The minimum absolute atomic E-state index is 0.0768. The number of nitrogens with one attached hydrogen (secondary N) is 1. The van der Waals surface area contributed by atoms with Gasteiger partial charge in [-0.05, 0) is 26.0 Å². The molecule has 5 nitrogen and oxygen atoms in total. The highest BCUT2D eigenvalue weighted by Crippen LogP contribution is 2.21. The van der Waals surface area contributed by atoms with Crippen LogP contribution in [0.3, 0.4) is 0 Å². The zero-order valence-electron chi connectivity index (χ0n) is 10.3. The Morgan fingerprint density at radius 1 is 1.53 bits per heavy atom. The van der Waals surface area contributed by atoms with Crippen LogP contribution in [-0.4, -0.2) is 38.1 Å². The van der Waals surface area contributed by atoms with Crippen molar-refractivity contribution in [3.63, 3.8) is 0 Å². The summed E-state index contributed by atoms with van der Waals surface area (Å²) >= 11 is 0. The fourth-order valence-corrected chi connectivity index (χ4v) is 2.51. The third-order valence-corrected chi connectivity index (χ3v) is 3.11. The van der Waals surface area contributed by atoms with Crippen LogP contribution in [0.4, 0.5) is 5.69 Å². The number of sulfone groups is 1. The fraction of sp³-hybridized carbons (Fsp3) is 0.545. The number of nitrogens with zero attached hydrogens (tertiary/aromatic N) is 1. The van der Waals surface area contributed by atoms with E-state index in [0.29, 0.717) is 18.2 Å². The van der Waals surface area contributed by atoms with E-state index in [-0.39, 0.29) is 11.8 Å². The molecule has 96 valence electrons. The Kier molecular flexibility index (Phi) is 4.74. The molecule has 1 rings (SSSR count). The number of aromatic nitrogens is 1. The number of hydrogen-bond donors (Lipinski definition) is 1. The molecule has 1 atom stereocenters. The molecule has 0 aromatic carbocycles. The average molecular weight is 258 g/mol. The predicted octanol–water partition coefficient (Wildman–Crippen LogP) is 1.33. The molecule has 0 fully saturated rings. The first kappa shape index (κ1) is 13.8. The molecule has 0 radical (unpaired) electrons. The molecular formula is C11H18N2O3S. The van der Waals surface area contributed by atoms with Crippen molar-refractivity contribution in [2.75, 3.05) is 23.9 Å². The Morgan fingerprint density at radius 2 is 2.24 bits per heavy atom. The van der Waals surface area contributed by atoms with Crippen molar-refractivity contribution in [1.29, 1.82) is 0 Å². The van der Waals surface area contributed by atoms with Crippen LogP contribution >= 0.6 is 0 Å². The first-order valence-electron chi connectivity index (χ1n) is 5.44. The molecule has 1 N–H and O–H groups in total. The highest BCUT2D eigenvalue weighted by molar-refractivity contribution is 7.90. The highest BCUT2D eigenvalue weighted by atomic mass is 32.2. The Bertz CT molecular complexity index is 460. The first-order chi connectivity index (χ1) is 7.92. The first-order valence-corrected chi connectivity index (χ1v) is 7.50. The molecule has 0 aliphatic rings. The second kappa shape index (κ2) is 5.86. The largest absolute Gasteiger partial charge is 0.476 e. The molecule has 0 amide bonds. The minimum atomic E-state index is -2.99. The number of pyridine rings is 1. The number of rotatable bonds is 6. The summed E-state index contributed by atoms with van der Waals surface area (Å²) in [7, 11) is -2.99. The number of anilines is 1. The van der Waals surface area contributed by atoms with Crippen LogP contribution in [0.1, 0.15) is 13.8 Å². The summed E-state index contributed by atoms with van der Waals surface area (Å²) in [5.41, 5.74) is 0.713. The highest BCUT2D eigenvalue weighted by Gasteiger charge is 2.12. The Balaban J connectivity index is 2.73. The van der Waals surface area contributed by atoms with Gasteiger partial charge >= 0.3 is 0 Å². The van der Waals surface area contributed by atoms with Gasteiger partial charge in [0.15, 0.2) is 0 Å². The quantitative estimate of drug-likeness (QED) is 0.833. The smallest absolute Gasteiger partial charge is 0.237 e. The molecular weight excluding hydrogens is 240 g/mol. The zero-order chi connectivity index (χ0) is 12.9. The summed E-state index contributed by atoms with van der Waals surface area (Å²) in [4.78, 5) is 4.08. The minimum Gasteiger partial charge on any atom is -0.476 e. The van der Waals surface area contributed by atoms with Crippen molar-refractivity contribution in [3.05, 3.63) is 18.3 Å². The topological polar surface area (TPSA) is 68.3 Å². The Morgan fingerprint density at radius 3 is 2.82 bits per heavy atom. The van der Waals surface area contributed by atoms with Crippen LogP contribution in [-0.2, 0) is 9.84 Å². The summed E-state index contributed by atoms with van der Waals surface area (Å²) in [5.74, 6) is 0.573. The third kappa shape index (κ3) is 5.04. The molecule has 0 aliphatic carbocycles. The van der Waals surface area contributed by atoms with Crippen LogP contribution in [0, 0.1) is 0 Å². The average Bonchev–Trinajstić information content (AvgIpc) is 2.18. The Hall–Kier alpha value is -1.30. The summed E-state index contributed by atoms with van der Waals surface area (Å²) in [6, 6.07) is 3.41. The monoisotopic (exact) mass is 258 g/mol. The molecule has 0 bridgehead atoms. The van der Waals surface area contributed by atoms with E-state index in [9.17, 15) is 8.42 Å². The van der Waals surface area contributed by atoms with Gasteiger partial charge in [0.25, 0.3) is 0 Å². The second-order valence-corrected chi connectivity index (χ2v) is 6.11. The van der Waals surface area contributed by atoms with Gasteiger partial charge in [-0.3, -0.25) is 0 Å². The van der Waals surface area contributed by atoms with Crippen LogP contribution < -0.4 is 10.1 Å². The van der Waals surface area contributed by atoms with E-state index in [4.69, 9.17) is 4.74 Å². The predicted molar refractivity (Wildman–Crippen MR) is 68.2 cm³/mol. The van der Waals surface area contributed by atoms with Crippen molar-refractivity contribution in [1.82, 2.24) is 4.98 Å². The van der Waals surface area contributed by atoms with Gasteiger partial charge in [-0.15, -0.1) is 0 Å². The van der Waals surface area contributed by atoms with Gasteiger partial charge in [0, 0.05) is 18.5 Å². The van der Waals surface area contributed by atoms with E-state index < -0.39 is 9.84 Å². The maximum absolute atomic E-state index is 11.2. The van der Waals surface area contributed by atoms with Gasteiger partial charge in [0.2, 0.25) is 5.88 Å². The van der Waals surface area contributed by atoms with Crippen LogP contribution in [0.5, 0.6) is 5.88 Å². The molecule has 1 aromatic heterocycles. The van der Waals surface area contributed by atoms with E-state index in [1.807, 2.05) is 19.9 Å². The Labute approximate surface area is 102 Å². The fourth-order valence-electron chi connectivity index (χ4n) is 1.51. The van der Waals surface area contributed by atoms with Gasteiger partial charge in [-0.1, -0.05) is 0 Å². The maximum Gasteiger partial charge on any atom is 0.237 e. The van der Waals surface area contributed by atoms with Gasteiger partial charge in [-0.2, -0.15) is 0 Å². The summed E-state index contributed by atoms with van der Waals surface area (Å²) in [5, 5.41) is 3.09. The van der Waals surface area contributed by atoms with E-state index in [2.05, 4.69) is 10.3 Å². The van der Waals surface area contributed by atoms with Crippen molar-refractivity contribution in [2.45, 2.75) is 19.9 Å². The van der Waals surface area contributed by atoms with Crippen molar-refractivity contribution >= 4 is 15.5 Å². The molecule has 0 aliphatic heterocycles. The van der Waals surface area contributed by atoms with E-state index in [0.717, 1.165) is 0 Å². The lowest BCUT2D eigenvalue weighted by Crippen LogP contribution is -2.25. The second-order valence-electron chi connectivity index (χ2n) is 3.93. The van der Waals surface area contributed by atoms with Gasteiger partial charge in [-0.25, -0.2) is 13.4 Å². The molecule has 1 aromatic rings. The molecule has 0 saturated carbocycles. The van der Waals surface area contributed by atoms with Crippen molar-refractivity contribution in [2.24, 2.45) is 0 Å². The lowest BCUT2D eigenvalue weighted by atomic mass is 10.3. The third-order valence-electron chi connectivity index (χ3n) is 2.01. The van der Waals surface area contributed by atoms with Crippen LogP contribution in [0.15, 0.2) is 18.3 Å². The summed E-state index contributed by atoms with van der Waals surface area (Å²) in [6.45, 7) is 4.20. The lowest BCUT2D eigenvalue weighted by Gasteiger charge is -2.16. The molecule has 17 heavy (non-hydrogen) atoms. The molecule has 1 heterocycles.